The number of nitrogens with two attached hydrogens (primary N) is 1. The first-order valence-corrected chi connectivity index (χ1v) is 7.33. The van der Waals surface area contributed by atoms with E-state index >= 15 is 0 Å². The Hall–Kier alpha value is -1.39. The highest BCUT2D eigenvalue weighted by molar-refractivity contribution is 6.31. The van der Waals surface area contributed by atoms with E-state index in [1.165, 1.54) is 0 Å². The summed E-state index contributed by atoms with van der Waals surface area (Å²) in [6, 6.07) is 17.0. The maximum atomic E-state index is 10.0. The fourth-order valence-electron chi connectivity index (χ4n) is 2.05. The summed E-state index contributed by atoms with van der Waals surface area (Å²) in [5.41, 5.74) is 8.01. The maximum absolute atomic E-state index is 10.0. The Labute approximate surface area is 130 Å². The molecular weight excluding hydrogens is 286 g/mol. The van der Waals surface area contributed by atoms with E-state index in [0.29, 0.717) is 18.1 Å². The lowest BCUT2D eigenvalue weighted by Gasteiger charge is -2.19. The summed E-state index contributed by atoms with van der Waals surface area (Å²) in [4.78, 5) is 0. The highest BCUT2D eigenvalue weighted by Gasteiger charge is 2.15. The number of ether oxygens (including phenoxy) is 1. The molecule has 21 heavy (non-hydrogen) atoms. The van der Waals surface area contributed by atoms with Crippen LogP contribution in [-0.2, 0) is 17.8 Å². The standard InChI is InChI=1S/C17H20ClNO2/c18-15-9-5-4-8-14(15)11-21-12-17(20)16(19)10-13-6-2-1-3-7-13/h1-9,16-17,20H,10-12,19H2. The van der Waals surface area contributed by atoms with Gasteiger partial charge in [-0.05, 0) is 23.6 Å². The van der Waals surface area contributed by atoms with Crippen LogP contribution in [0.5, 0.6) is 0 Å². The molecule has 0 amide bonds. The fourth-order valence-corrected chi connectivity index (χ4v) is 2.24. The van der Waals surface area contributed by atoms with Crippen molar-refractivity contribution in [2.75, 3.05) is 6.61 Å². The molecule has 2 aromatic rings. The van der Waals surface area contributed by atoms with Crippen molar-refractivity contribution < 1.29 is 9.84 Å². The fraction of sp³-hybridized carbons (Fsp3) is 0.294. The Bertz CT molecular complexity index is 547. The number of benzene rings is 2. The zero-order valence-electron chi connectivity index (χ0n) is 11.8. The molecule has 0 spiro atoms. The van der Waals surface area contributed by atoms with E-state index < -0.39 is 6.10 Å². The molecule has 0 aliphatic carbocycles. The van der Waals surface area contributed by atoms with Crippen LogP contribution in [0.15, 0.2) is 54.6 Å². The predicted octanol–water partition coefficient (Wildman–Crippen LogP) is 2.79. The Morgan fingerprint density at radius 3 is 2.43 bits per heavy atom. The Balaban J connectivity index is 1.76. The molecule has 0 aliphatic rings. The van der Waals surface area contributed by atoms with E-state index in [9.17, 15) is 5.11 Å². The molecule has 2 aromatic carbocycles. The van der Waals surface area contributed by atoms with Gasteiger partial charge >= 0.3 is 0 Å². The summed E-state index contributed by atoms with van der Waals surface area (Å²) < 4.78 is 5.51. The minimum atomic E-state index is -0.701. The lowest BCUT2D eigenvalue weighted by Crippen LogP contribution is -2.39. The van der Waals surface area contributed by atoms with Gasteiger partial charge in [-0.1, -0.05) is 60.1 Å². The average molecular weight is 306 g/mol. The topological polar surface area (TPSA) is 55.5 Å². The van der Waals surface area contributed by atoms with Crippen molar-refractivity contribution in [3.8, 4) is 0 Å². The van der Waals surface area contributed by atoms with Crippen LogP contribution >= 0.6 is 11.6 Å². The number of aliphatic hydroxyl groups is 1. The van der Waals surface area contributed by atoms with E-state index in [1.54, 1.807) is 0 Å². The molecule has 3 N–H and O–H groups in total. The molecular formula is C17H20ClNO2. The summed E-state index contributed by atoms with van der Waals surface area (Å²) >= 11 is 6.04. The number of aliphatic hydroxyl groups excluding tert-OH is 1. The third-order valence-corrected chi connectivity index (χ3v) is 3.68. The van der Waals surface area contributed by atoms with Crippen molar-refractivity contribution in [1.29, 1.82) is 0 Å². The lowest BCUT2D eigenvalue weighted by atomic mass is 10.0. The van der Waals surface area contributed by atoms with Gasteiger partial charge in [0.2, 0.25) is 0 Å². The second-order valence-corrected chi connectivity index (χ2v) is 5.43. The van der Waals surface area contributed by atoms with Crippen molar-refractivity contribution >= 4 is 11.6 Å². The van der Waals surface area contributed by atoms with Gasteiger partial charge in [-0.15, -0.1) is 0 Å². The molecule has 4 heteroatoms. The predicted molar refractivity (Wildman–Crippen MR) is 85.2 cm³/mol. The molecule has 3 nitrogen and oxygen atoms in total. The van der Waals surface area contributed by atoms with E-state index in [4.69, 9.17) is 22.1 Å². The third-order valence-electron chi connectivity index (χ3n) is 3.31. The van der Waals surface area contributed by atoms with Crippen molar-refractivity contribution in [1.82, 2.24) is 0 Å². The SMILES string of the molecule is NC(Cc1ccccc1)C(O)COCc1ccccc1Cl. The summed E-state index contributed by atoms with van der Waals surface area (Å²) in [5.74, 6) is 0. The summed E-state index contributed by atoms with van der Waals surface area (Å²) in [6.07, 6.45) is -0.0787. The first kappa shape index (κ1) is 16.0. The second kappa shape index (κ2) is 8.15. The van der Waals surface area contributed by atoms with Crippen LogP contribution in [0.1, 0.15) is 11.1 Å². The largest absolute Gasteiger partial charge is 0.389 e. The lowest BCUT2D eigenvalue weighted by molar-refractivity contribution is 0.0161. The molecule has 2 unspecified atom stereocenters. The minimum Gasteiger partial charge on any atom is -0.389 e. The number of halogens is 1. The Morgan fingerprint density at radius 2 is 1.71 bits per heavy atom. The number of hydrogen-bond donors (Lipinski definition) is 2. The van der Waals surface area contributed by atoms with Gasteiger partial charge in [-0.25, -0.2) is 0 Å². The van der Waals surface area contributed by atoms with E-state index in [1.807, 2.05) is 54.6 Å². The van der Waals surface area contributed by atoms with Crippen LogP contribution < -0.4 is 5.73 Å². The molecule has 0 heterocycles. The first-order chi connectivity index (χ1) is 10.2. The monoisotopic (exact) mass is 305 g/mol. The zero-order valence-corrected chi connectivity index (χ0v) is 12.5. The van der Waals surface area contributed by atoms with E-state index in [-0.39, 0.29) is 12.6 Å². The van der Waals surface area contributed by atoms with Crippen molar-refractivity contribution in [3.63, 3.8) is 0 Å². The Kier molecular flexibility index (Phi) is 6.21. The highest BCUT2D eigenvalue weighted by Crippen LogP contribution is 2.16. The molecule has 0 aliphatic heterocycles. The van der Waals surface area contributed by atoms with Gasteiger partial charge in [0.15, 0.2) is 0 Å². The minimum absolute atomic E-state index is 0.194. The molecule has 2 rings (SSSR count). The normalized spacial score (nSPS) is 13.9. The third kappa shape index (κ3) is 5.14. The maximum Gasteiger partial charge on any atom is 0.0927 e. The van der Waals surface area contributed by atoms with Gasteiger partial charge in [0.25, 0.3) is 0 Å². The van der Waals surface area contributed by atoms with Crippen molar-refractivity contribution in [3.05, 3.63) is 70.7 Å². The molecule has 0 bridgehead atoms. The smallest absolute Gasteiger partial charge is 0.0927 e. The molecule has 0 aromatic heterocycles. The average Bonchev–Trinajstić information content (AvgIpc) is 2.50. The zero-order chi connectivity index (χ0) is 15.1. The van der Waals surface area contributed by atoms with Gasteiger partial charge < -0.3 is 15.6 Å². The highest BCUT2D eigenvalue weighted by atomic mass is 35.5. The number of rotatable bonds is 7. The molecule has 112 valence electrons. The van der Waals surface area contributed by atoms with Crippen molar-refractivity contribution in [2.45, 2.75) is 25.2 Å². The van der Waals surface area contributed by atoms with Gasteiger partial charge in [-0.3, -0.25) is 0 Å². The van der Waals surface area contributed by atoms with E-state index in [0.717, 1.165) is 11.1 Å². The van der Waals surface area contributed by atoms with Crippen molar-refractivity contribution in [2.24, 2.45) is 5.73 Å². The van der Waals surface area contributed by atoms with Gasteiger partial charge in [0.1, 0.15) is 0 Å². The molecule has 0 saturated carbocycles. The van der Waals surface area contributed by atoms with Gasteiger partial charge in [0.05, 0.1) is 19.3 Å². The second-order valence-electron chi connectivity index (χ2n) is 5.03. The molecule has 0 fully saturated rings. The molecule has 2 atom stereocenters. The number of hydrogen-bond acceptors (Lipinski definition) is 3. The Morgan fingerprint density at radius 1 is 1.05 bits per heavy atom. The van der Waals surface area contributed by atoms with Crippen LogP contribution in [0, 0.1) is 0 Å². The van der Waals surface area contributed by atoms with Crippen LogP contribution in [0.3, 0.4) is 0 Å². The summed E-state index contributed by atoms with van der Waals surface area (Å²) in [6.45, 7) is 0.564. The van der Waals surface area contributed by atoms with Gasteiger partial charge in [-0.2, -0.15) is 0 Å². The van der Waals surface area contributed by atoms with Crippen LogP contribution in [-0.4, -0.2) is 23.9 Å². The van der Waals surface area contributed by atoms with Crippen LogP contribution in [0.25, 0.3) is 0 Å². The molecule has 0 saturated heterocycles. The van der Waals surface area contributed by atoms with Crippen LogP contribution in [0.4, 0.5) is 0 Å². The van der Waals surface area contributed by atoms with Crippen LogP contribution in [0.2, 0.25) is 5.02 Å². The molecule has 0 radical (unpaired) electrons. The van der Waals surface area contributed by atoms with E-state index in [2.05, 4.69) is 0 Å². The van der Waals surface area contributed by atoms with Gasteiger partial charge in [0, 0.05) is 11.1 Å². The summed E-state index contributed by atoms with van der Waals surface area (Å²) in [5, 5.41) is 10.7. The summed E-state index contributed by atoms with van der Waals surface area (Å²) in [7, 11) is 0. The quantitative estimate of drug-likeness (QED) is 0.827. The first-order valence-electron chi connectivity index (χ1n) is 6.95.